The molecule has 1 rings (SSSR count). The second-order valence-electron chi connectivity index (χ2n) is 2.74. The van der Waals surface area contributed by atoms with Gasteiger partial charge in [0.05, 0.1) is 0 Å². The lowest BCUT2D eigenvalue weighted by Crippen LogP contribution is -2.52. The minimum absolute atomic E-state index is 0.340. The van der Waals surface area contributed by atoms with Gasteiger partial charge < -0.3 is 0 Å². The number of hydrazone groups is 1. The summed E-state index contributed by atoms with van der Waals surface area (Å²) in [5.41, 5.74) is 0. The van der Waals surface area contributed by atoms with Crippen LogP contribution in [0.4, 0.5) is 0 Å². The van der Waals surface area contributed by atoms with Crippen molar-refractivity contribution in [2.24, 2.45) is 5.10 Å². The van der Waals surface area contributed by atoms with E-state index in [2.05, 4.69) is 21.0 Å². The summed E-state index contributed by atoms with van der Waals surface area (Å²) < 4.78 is -3.54. The summed E-state index contributed by atoms with van der Waals surface area (Å²) in [5.74, 6) is 0. The number of hydrogen-bond acceptors (Lipinski definition) is 3. The van der Waals surface area contributed by atoms with E-state index in [0.717, 1.165) is 0 Å². The number of halogens is 6. The van der Waals surface area contributed by atoms with Gasteiger partial charge in [0.25, 0.3) is 0 Å². The van der Waals surface area contributed by atoms with E-state index in [9.17, 15) is 0 Å². The zero-order valence-electron chi connectivity index (χ0n) is 7.47. The molecule has 1 unspecified atom stereocenters. The Hall–Kier alpha value is 1.20. The van der Waals surface area contributed by atoms with Crippen LogP contribution in [0.3, 0.4) is 0 Å². The molecule has 0 bridgehead atoms. The Morgan fingerprint density at radius 3 is 2.20 bits per heavy atom. The third kappa shape index (κ3) is 2.72. The largest absolute Gasteiger partial charge is 0.294 e. The van der Waals surface area contributed by atoms with Crippen molar-refractivity contribution < 1.29 is 0 Å². The third-order valence-electron chi connectivity index (χ3n) is 1.79. The molecule has 0 saturated carbocycles. The molecule has 0 amide bonds. The van der Waals surface area contributed by atoms with Crippen molar-refractivity contribution in [2.75, 3.05) is 6.54 Å². The number of rotatable bonds is 2. The molecule has 0 aromatic heterocycles. The van der Waals surface area contributed by atoms with E-state index in [1.807, 2.05) is 6.92 Å². The molecule has 0 radical (unpaired) electrons. The summed E-state index contributed by atoms with van der Waals surface area (Å²) in [7, 11) is 0. The molecule has 0 aliphatic carbocycles. The first kappa shape index (κ1) is 14.3. The van der Waals surface area contributed by atoms with Gasteiger partial charge in [0, 0.05) is 6.54 Å². The lowest BCUT2D eigenvalue weighted by atomic mass is 10.6. The Morgan fingerprint density at radius 2 is 1.87 bits per heavy atom. The topological polar surface area (TPSA) is 18.8 Å². The van der Waals surface area contributed by atoms with Crippen LogP contribution in [0.1, 0.15) is 6.92 Å². The molecule has 1 aliphatic heterocycles. The van der Waals surface area contributed by atoms with Crippen LogP contribution in [0.5, 0.6) is 0 Å². The summed E-state index contributed by atoms with van der Waals surface area (Å²) in [5, 5.41) is 5.39. The molecule has 0 fully saturated rings. The third-order valence-corrected chi connectivity index (χ3v) is 5.06. The van der Waals surface area contributed by atoms with Gasteiger partial charge in [-0.05, 0) is 22.9 Å². The van der Waals surface area contributed by atoms with Crippen LogP contribution < -0.4 is 0 Å². The Labute approximate surface area is 121 Å². The maximum atomic E-state index is 5.98. The minimum atomic E-state index is -1.85. The van der Waals surface area contributed by atoms with E-state index in [-0.39, 0.29) is 5.08 Å². The van der Waals surface area contributed by atoms with Crippen LogP contribution in [0.2, 0.25) is 0 Å². The zero-order valence-corrected chi connectivity index (χ0v) is 12.8. The van der Waals surface area contributed by atoms with Gasteiger partial charge in [-0.3, -0.25) is 9.91 Å². The number of hydrogen-bond donors (Lipinski definition) is 0. The van der Waals surface area contributed by atoms with Gasteiger partial charge in [-0.25, -0.2) is 0 Å². The van der Waals surface area contributed by atoms with E-state index in [1.54, 1.807) is 5.01 Å². The highest BCUT2D eigenvalue weighted by molar-refractivity contribution is 9.09. The van der Waals surface area contributed by atoms with Crippen LogP contribution in [-0.2, 0) is 0 Å². The summed E-state index contributed by atoms with van der Waals surface area (Å²) in [6.07, 6.45) is 1.42. The Morgan fingerprint density at radius 1 is 1.33 bits per heavy atom. The van der Waals surface area contributed by atoms with Crippen LogP contribution in [0, 0.1) is 0 Å². The predicted molar refractivity (Wildman–Crippen MR) is 70.2 cm³/mol. The second kappa shape index (κ2) is 4.83. The molecule has 0 spiro atoms. The molecule has 0 aromatic carbocycles. The molecule has 0 N–H and O–H groups in total. The molecule has 1 heterocycles. The highest BCUT2D eigenvalue weighted by Gasteiger charge is 2.53. The maximum Gasteiger partial charge on any atom is 0.241 e. The Kier molecular flexibility index (Phi) is 4.59. The van der Waals surface area contributed by atoms with E-state index in [0.29, 0.717) is 6.54 Å². The van der Waals surface area contributed by atoms with Crippen molar-refractivity contribution in [1.29, 1.82) is 0 Å². The van der Waals surface area contributed by atoms with E-state index >= 15 is 0 Å². The normalized spacial score (nSPS) is 22.7. The van der Waals surface area contributed by atoms with Crippen molar-refractivity contribution in [3.63, 3.8) is 0 Å². The molecule has 1 aliphatic rings. The number of alkyl halides is 6. The fourth-order valence-corrected chi connectivity index (χ4v) is 2.57. The molecule has 9 heteroatoms. The average molecular weight is 378 g/mol. The Bertz CT molecular complexity index is 266. The van der Waals surface area contributed by atoms with E-state index in [4.69, 9.17) is 58.0 Å². The van der Waals surface area contributed by atoms with Crippen molar-refractivity contribution >= 4 is 80.3 Å². The molecule has 0 saturated heterocycles. The standard InChI is InChI=1S/C6H7BrCl5N3/c1-2-15-4(7)14(3-13-15)6(11,12)5(8,9)10/h3-4H,2H2,1H3. The van der Waals surface area contributed by atoms with Crippen LogP contribution >= 0.6 is 73.9 Å². The van der Waals surface area contributed by atoms with Gasteiger partial charge >= 0.3 is 0 Å². The number of nitrogens with zero attached hydrogens (tertiary/aromatic N) is 3. The molecule has 0 aromatic rings. The van der Waals surface area contributed by atoms with Gasteiger partial charge in [-0.1, -0.05) is 58.0 Å². The van der Waals surface area contributed by atoms with E-state index in [1.165, 1.54) is 11.2 Å². The van der Waals surface area contributed by atoms with Crippen molar-refractivity contribution in [1.82, 2.24) is 9.91 Å². The summed E-state index contributed by atoms with van der Waals surface area (Å²) in [4.78, 5) is 1.41. The van der Waals surface area contributed by atoms with Gasteiger partial charge in [0.2, 0.25) is 8.25 Å². The van der Waals surface area contributed by atoms with Crippen LogP contribution in [0.15, 0.2) is 5.10 Å². The van der Waals surface area contributed by atoms with E-state index < -0.39 is 8.25 Å². The average Bonchev–Trinajstić information content (AvgIpc) is 2.44. The summed E-state index contributed by atoms with van der Waals surface area (Å²) >= 11 is 32.4. The first-order valence-corrected chi connectivity index (χ1v) is 6.70. The van der Waals surface area contributed by atoms with Crippen molar-refractivity contribution in [3.05, 3.63) is 0 Å². The first-order chi connectivity index (χ1) is 6.71. The fraction of sp³-hybridized carbons (Fsp3) is 0.833. The zero-order chi connectivity index (χ0) is 11.9. The van der Waals surface area contributed by atoms with Crippen LogP contribution in [0.25, 0.3) is 0 Å². The lowest BCUT2D eigenvalue weighted by molar-refractivity contribution is 0.199. The molecule has 3 nitrogen and oxygen atoms in total. The maximum absolute atomic E-state index is 5.98. The molecular weight excluding hydrogens is 371 g/mol. The van der Waals surface area contributed by atoms with Crippen LogP contribution in [-0.4, -0.2) is 36.1 Å². The monoisotopic (exact) mass is 375 g/mol. The highest BCUT2D eigenvalue weighted by Crippen LogP contribution is 2.49. The van der Waals surface area contributed by atoms with Crippen molar-refractivity contribution in [3.8, 4) is 0 Å². The summed E-state index contributed by atoms with van der Waals surface area (Å²) in [6, 6.07) is 0. The summed E-state index contributed by atoms with van der Waals surface area (Å²) in [6.45, 7) is 2.60. The van der Waals surface area contributed by atoms with Gasteiger partial charge in [-0.15, -0.1) is 0 Å². The first-order valence-electron chi connectivity index (χ1n) is 3.89. The molecular formula is C6H7BrCl5N3. The van der Waals surface area contributed by atoms with Crippen molar-refractivity contribution in [2.45, 2.75) is 20.2 Å². The fourth-order valence-electron chi connectivity index (χ4n) is 0.961. The van der Waals surface area contributed by atoms with Gasteiger partial charge in [0.1, 0.15) is 6.34 Å². The smallest absolute Gasteiger partial charge is 0.241 e. The predicted octanol–water partition coefficient (Wildman–Crippen LogP) is 3.75. The Balaban J connectivity index is 2.88. The lowest BCUT2D eigenvalue weighted by Gasteiger charge is -2.38. The quantitative estimate of drug-likeness (QED) is 0.539. The minimum Gasteiger partial charge on any atom is -0.294 e. The van der Waals surface area contributed by atoms with Gasteiger partial charge in [-0.2, -0.15) is 5.10 Å². The molecule has 88 valence electrons. The SMILES string of the molecule is CCN1N=CN(C(Cl)(Cl)C(Cl)(Cl)Cl)C1Br. The molecule has 15 heavy (non-hydrogen) atoms. The van der Waals surface area contributed by atoms with Gasteiger partial charge in [0.15, 0.2) is 5.08 Å². The second-order valence-corrected chi connectivity index (χ2v) is 7.13. The highest BCUT2D eigenvalue weighted by atomic mass is 79.9. The molecule has 1 atom stereocenters.